The Balaban J connectivity index is 2.93. The van der Waals surface area contributed by atoms with Gasteiger partial charge in [0.1, 0.15) is 5.00 Å². The van der Waals surface area contributed by atoms with E-state index in [9.17, 15) is 4.79 Å². The summed E-state index contributed by atoms with van der Waals surface area (Å²) < 4.78 is 5.82. The standard InChI is InChI=1S/C14H21ClN2O2S/c1-4-6-7-12(19-3)17-14-10(9-11(15)20-14)13(18)16-8-5-2/h9H,4-8H2,1-3H3,(H,16,18). The molecule has 6 heteroatoms. The Morgan fingerprint density at radius 1 is 1.45 bits per heavy atom. The molecule has 20 heavy (non-hydrogen) atoms. The fourth-order valence-corrected chi connectivity index (χ4v) is 2.68. The highest BCUT2D eigenvalue weighted by atomic mass is 35.5. The van der Waals surface area contributed by atoms with Crippen molar-refractivity contribution in [3.63, 3.8) is 0 Å². The molecular formula is C14H21ClN2O2S. The van der Waals surface area contributed by atoms with Crippen LogP contribution in [0.1, 0.15) is 49.9 Å². The van der Waals surface area contributed by atoms with Gasteiger partial charge in [0, 0.05) is 13.0 Å². The Morgan fingerprint density at radius 3 is 2.80 bits per heavy atom. The summed E-state index contributed by atoms with van der Waals surface area (Å²) >= 11 is 7.29. The SMILES string of the molecule is CCCCC(=Nc1sc(Cl)cc1C(=O)NCCC)OC. The first kappa shape index (κ1) is 17.0. The van der Waals surface area contributed by atoms with Crippen molar-refractivity contribution >= 4 is 39.7 Å². The largest absolute Gasteiger partial charge is 0.484 e. The van der Waals surface area contributed by atoms with Gasteiger partial charge in [-0.15, -0.1) is 11.3 Å². The number of carbonyl (C=O) groups is 1. The van der Waals surface area contributed by atoms with Crippen molar-refractivity contribution in [2.24, 2.45) is 4.99 Å². The van der Waals surface area contributed by atoms with Gasteiger partial charge in [0.25, 0.3) is 5.91 Å². The van der Waals surface area contributed by atoms with E-state index in [1.54, 1.807) is 13.2 Å². The van der Waals surface area contributed by atoms with Crippen molar-refractivity contribution in [1.82, 2.24) is 5.32 Å². The molecule has 0 radical (unpaired) electrons. The molecule has 0 aliphatic carbocycles. The quantitative estimate of drug-likeness (QED) is 0.598. The van der Waals surface area contributed by atoms with E-state index in [0.29, 0.717) is 27.3 Å². The molecule has 0 spiro atoms. The number of ether oxygens (including phenoxy) is 1. The maximum absolute atomic E-state index is 12.0. The molecule has 0 saturated carbocycles. The predicted octanol–water partition coefficient (Wildman–Crippen LogP) is 4.41. The number of aliphatic imine (C=N–C) groups is 1. The molecule has 0 aliphatic heterocycles. The van der Waals surface area contributed by atoms with Crippen molar-refractivity contribution < 1.29 is 9.53 Å². The number of hydrogen-bond acceptors (Lipinski definition) is 4. The average molecular weight is 317 g/mol. The Hall–Kier alpha value is -1.07. The highest BCUT2D eigenvalue weighted by Gasteiger charge is 2.15. The normalized spacial score (nSPS) is 11.5. The molecule has 4 nitrogen and oxygen atoms in total. The maximum Gasteiger partial charge on any atom is 0.254 e. The van der Waals surface area contributed by atoms with E-state index < -0.39 is 0 Å². The first-order chi connectivity index (χ1) is 9.62. The second kappa shape index (κ2) is 8.97. The second-order valence-corrected chi connectivity index (χ2v) is 6.00. The molecule has 1 aromatic heterocycles. The monoisotopic (exact) mass is 316 g/mol. The number of amides is 1. The molecule has 1 heterocycles. The van der Waals surface area contributed by atoms with E-state index in [-0.39, 0.29) is 5.91 Å². The minimum Gasteiger partial charge on any atom is -0.484 e. The van der Waals surface area contributed by atoms with E-state index in [4.69, 9.17) is 16.3 Å². The predicted molar refractivity (Wildman–Crippen MR) is 85.6 cm³/mol. The number of nitrogens with zero attached hydrogens (tertiary/aromatic N) is 1. The van der Waals surface area contributed by atoms with Crippen molar-refractivity contribution in [1.29, 1.82) is 0 Å². The molecule has 0 aliphatic rings. The molecule has 0 aromatic carbocycles. The van der Waals surface area contributed by atoms with Crippen LogP contribution in [0.15, 0.2) is 11.1 Å². The summed E-state index contributed by atoms with van der Waals surface area (Å²) in [6, 6.07) is 1.66. The molecule has 112 valence electrons. The van der Waals surface area contributed by atoms with E-state index >= 15 is 0 Å². The van der Waals surface area contributed by atoms with Crippen molar-refractivity contribution in [2.75, 3.05) is 13.7 Å². The van der Waals surface area contributed by atoms with Crippen LogP contribution in [-0.2, 0) is 4.74 Å². The Kier molecular flexibility index (Phi) is 7.62. The number of unbranched alkanes of at least 4 members (excludes halogenated alkanes) is 1. The number of nitrogens with one attached hydrogen (secondary N) is 1. The average Bonchev–Trinajstić information content (AvgIpc) is 2.81. The molecule has 0 bridgehead atoms. The minimum absolute atomic E-state index is 0.139. The molecule has 0 saturated heterocycles. The smallest absolute Gasteiger partial charge is 0.254 e. The summed E-state index contributed by atoms with van der Waals surface area (Å²) in [6.07, 6.45) is 3.72. The Bertz CT molecular complexity index is 472. The fraction of sp³-hybridized carbons (Fsp3) is 0.571. The van der Waals surface area contributed by atoms with Gasteiger partial charge in [-0.2, -0.15) is 0 Å². The summed E-state index contributed by atoms with van der Waals surface area (Å²) in [5.41, 5.74) is 0.513. The fourth-order valence-electron chi connectivity index (χ4n) is 1.58. The Labute approximate surface area is 129 Å². The van der Waals surface area contributed by atoms with Crippen LogP contribution in [0.2, 0.25) is 4.34 Å². The summed E-state index contributed by atoms with van der Waals surface area (Å²) in [7, 11) is 1.60. The van der Waals surface area contributed by atoms with E-state index in [2.05, 4.69) is 17.2 Å². The third kappa shape index (κ3) is 5.13. The van der Waals surface area contributed by atoms with Gasteiger partial charge < -0.3 is 10.1 Å². The highest BCUT2D eigenvalue weighted by molar-refractivity contribution is 7.20. The van der Waals surface area contributed by atoms with Crippen LogP contribution >= 0.6 is 22.9 Å². The second-order valence-electron chi connectivity index (χ2n) is 4.34. The number of methoxy groups -OCH3 is 1. The molecule has 0 fully saturated rings. The van der Waals surface area contributed by atoms with Crippen LogP contribution in [0.25, 0.3) is 0 Å². The van der Waals surface area contributed by atoms with Gasteiger partial charge >= 0.3 is 0 Å². The lowest BCUT2D eigenvalue weighted by molar-refractivity contribution is 0.0955. The highest BCUT2D eigenvalue weighted by Crippen LogP contribution is 2.34. The molecule has 1 rings (SSSR count). The van der Waals surface area contributed by atoms with Gasteiger partial charge in [-0.3, -0.25) is 4.79 Å². The zero-order valence-corrected chi connectivity index (χ0v) is 13.7. The van der Waals surface area contributed by atoms with Gasteiger partial charge in [0.15, 0.2) is 5.90 Å². The van der Waals surface area contributed by atoms with Crippen LogP contribution in [0.5, 0.6) is 0 Å². The minimum atomic E-state index is -0.139. The molecular weight excluding hydrogens is 296 g/mol. The number of carbonyl (C=O) groups excluding carboxylic acids is 1. The van der Waals surface area contributed by atoms with Crippen molar-refractivity contribution in [2.45, 2.75) is 39.5 Å². The molecule has 1 aromatic rings. The van der Waals surface area contributed by atoms with Crippen molar-refractivity contribution in [3.05, 3.63) is 16.0 Å². The summed E-state index contributed by atoms with van der Waals surface area (Å²) in [5, 5.41) is 3.44. The van der Waals surface area contributed by atoms with Crippen molar-refractivity contribution in [3.8, 4) is 0 Å². The van der Waals surface area contributed by atoms with Crippen LogP contribution < -0.4 is 5.32 Å². The van der Waals surface area contributed by atoms with Crippen LogP contribution in [0, 0.1) is 0 Å². The lowest BCUT2D eigenvalue weighted by atomic mass is 10.2. The summed E-state index contributed by atoms with van der Waals surface area (Å²) in [6.45, 7) is 4.76. The van der Waals surface area contributed by atoms with Gasteiger partial charge in [-0.1, -0.05) is 31.9 Å². The summed E-state index contributed by atoms with van der Waals surface area (Å²) in [5.74, 6) is 0.495. The molecule has 1 amide bonds. The lowest BCUT2D eigenvalue weighted by Crippen LogP contribution is -2.23. The van der Waals surface area contributed by atoms with E-state index in [1.807, 2.05) is 6.92 Å². The lowest BCUT2D eigenvalue weighted by Gasteiger charge is -2.05. The molecule has 1 N–H and O–H groups in total. The zero-order chi connectivity index (χ0) is 15.0. The Morgan fingerprint density at radius 2 is 2.20 bits per heavy atom. The number of thiophene rings is 1. The third-order valence-electron chi connectivity index (χ3n) is 2.67. The van der Waals surface area contributed by atoms with Gasteiger partial charge in [0.2, 0.25) is 0 Å². The van der Waals surface area contributed by atoms with Gasteiger partial charge in [0.05, 0.1) is 17.0 Å². The molecule has 0 unspecified atom stereocenters. The number of halogens is 1. The maximum atomic E-state index is 12.0. The zero-order valence-electron chi connectivity index (χ0n) is 12.2. The van der Waals surface area contributed by atoms with Crippen LogP contribution in [0.3, 0.4) is 0 Å². The third-order valence-corrected chi connectivity index (χ3v) is 3.83. The van der Waals surface area contributed by atoms with E-state index in [0.717, 1.165) is 25.7 Å². The van der Waals surface area contributed by atoms with Crippen LogP contribution in [-0.4, -0.2) is 25.5 Å². The van der Waals surface area contributed by atoms with Gasteiger partial charge in [-0.25, -0.2) is 4.99 Å². The number of hydrogen-bond donors (Lipinski definition) is 1. The first-order valence-corrected chi connectivity index (χ1v) is 8.00. The first-order valence-electron chi connectivity index (χ1n) is 6.81. The molecule has 0 atom stereocenters. The summed E-state index contributed by atoms with van der Waals surface area (Å²) in [4.78, 5) is 16.5. The number of rotatable bonds is 7. The van der Waals surface area contributed by atoms with Gasteiger partial charge in [-0.05, 0) is 18.9 Å². The van der Waals surface area contributed by atoms with E-state index in [1.165, 1.54) is 11.3 Å². The topological polar surface area (TPSA) is 50.7 Å². The van der Waals surface area contributed by atoms with Crippen LogP contribution in [0.4, 0.5) is 5.00 Å².